The van der Waals surface area contributed by atoms with Gasteiger partial charge in [0.05, 0.1) is 0 Å². The van der Waals surface area contributed by atoms with Gasteiger partial charge in [-0.25, -0.2) is 0 Å². The van der Waals surface area contributed by atoms with Crippen molar-refractivity contribution in [1.29, 1.82) is 0 Å². The number of aliphatic hydroxyl groups excluding tert-OH is 1. The summed E-state index contributed by atoms with van der Waals surface area (Å²) in [6, 6.07) is 6.30. The minimum atomic E-state index is 0.280. The van der Waals surface area contributed by atoms with Gasteiger partial charge in [-0.05, 0) is 43.0 Å². The Kier molecular flexibility index (Phi) is 5.73. The molecule has 0 bridgehead atoms. The van der Waals surface area contributed by atoms with Crippen LogP contribution in [0.5, 0.6) is 0 Å². The number of unbranched alkanes of at least 4 members (excludes halogenated alkanes) is 1. The zero-order valence-electron chi connectivity index (χ0n) is 9.09. The lowest BCUT2D eigenvalue weighted by atomic mass is 10.1. The van der Waals surface area contributed by atoms with Gasteiger partial charge in [-0.1, -0.05) is 22.9 Å². The van der Waals surface area contributed by atoms with Crippen LogP contribution >= 0.6 is 15.9 Å². The maximum absolute atomic E-state index is 8.67. The first kappa shape index (κ1) is 12.5. The Morgan fingerprint density at radius 3 is 2.80 bits per heavy atom. The molecule has 2 N–H and O–H groups in total. The Morgan fingerprint density at radius 1 is 1.33 bits per heavy atom. The van der Waals surface area contributed by atoms with Gasteiger partial charge in [0.25, 0.3) is 0 Å². The van der Waals surface area contributed by atoms with Gasteiger partial charge in [0.15, 0.2) is 0 Å². The second-order valence-corrected chi connectivity index (χ2v) is 4.43. The first-order valence-electron chi connectivity index (χ1n) is 5.41. The van der Waals surface area contributed by atoms with Crippen LogP contribution in [0, 0.1) is 0 Å². The Labute approximate surface area is 99.8 Å². The minimum absolute atomic E-state index is 0.280. The largest absolute Gasteiger partial charge is 0.396 e. The monoisotopic (exact) mass is 271 g/mol. The summed E-state index contributed by atoms with van der Waals surface area (Å²) in [5.41, 5.74) is 2.53. The number of anilines is 1. The van der Waals surface area contributed by atoms with E-state index in [1.165, 1.54) is 11.3 Å². The summed E-state index contributed by atoms with van der Waals surface area (Å²) in [6.45, 7) is 3.36. The van der Waals surface area contributed by atoms with Crippen LogP contribution in [0.25, 0.3) is 0 Å². The lowest BCUT2D eigenvalue weighted by Crippen LogP contribution is -2.04. The predicted octanol–water partition coefficient (Wildman–Crippen LogP) is 3.20. The second-order valence-electron chi connectivity index (χ2n) is 3.51. The molecule has 0 aliphatic carbocycles. The first-order chi connectivity index (χ1) is 7.27. The molecule has 0 radical (unpaired) electrons. The zero-order valence-corrected chi connectivity index (χ0v) is 10.7. The average molecular weight is 272 g/mol. The van der Waals surface area contributed by atoms with Crippen LogP contribution in [-0.2, 0) is 6.42 Å². The van der Waals surface area contributed by atoms with Crippen molar-refractivity contribution < 1.29 is 5.11 Å². The molecule has 15 heavy (non-hydrogen) atoms. The van der Waals surface area contributed by atoms with Gasteiger partial charge >= 0.3 is 0 Å². The molecule has 0 aliphatic rings. The van der Waals surface area contributed by atoms with Crippen molar-refractivity contribution in [2.45, 2.75) is 26.2 Å². The quantitative estimate of drug-likeness (QED) is 0.779. The molecule has 0 spiro atoms. The third-order valence-electron chi connectivity index (χ3n) is 2.35. The van der Waals surface area contributed by atoms with Crippen LogP contribution in [0.4, 0.5) is 5.69 Å². The number of rotatable bonds is 6. The number of aliphatic hydroxyl groups is 1. The number of hydrogen-bond donors (Lipinski definition) is 2. The summed E-state index contributed by atoms with van der Waals surface area (Å²) in [5, 5.41) is 12.1. The van der Waals surface area contributed by atoms with Crippen LogP contribution in [0.2, 0.25) is 0 Å². The Balaban J connectivity index is 2.52. The average Bonchev–Trinajstić information content (AvgIpc) is 2.26. The molecule has 84 valence electrons. The highest BCUT2D eigenvalue weighted by atomic mass is 79.9. The van der Waals surface area contributed by atoms with E-state index in [1.54, 1.807) is 0 Å². The third-order valence-corrected chi connectivity index (χ3v) is 2.84. The highest BCUT2D eigenvalue weighted by molar-refractivity contribution is 9.10. The van der Waals surface area contributed by atoms with Gasteiger partial charge in [0.1, 0.15) is 0 Å². The van der Waals surface area contributed by atoms with Gasteiger partial charge in [0.2, 0.25) is 0 Å². The van der Waals surface area contributed by atoms with E-state index < -0.39 is 0 Å². The van der Waals surface area contributed by atoms with E-state index in [0.717, 1.165) is 30.3 Å². The van der Waals surface area contributed by atoms with E-state index in [-0.39, 0.29) is 6.61 Å². The lowest BCUT2D eigenvalue weighted by Gasteiger charge is -2.11. The minimum Gasteiger partial charge on any atom is -0.396 e. The van der Waals surface area contributed by atoms with Crippen LogP contribution in [0.15, 0.2) is 22.7 Å². The van der Waals surface area contributed by atoms with E-state index in [0.29, 0.717) is 0 Å². The lowest BCUT2D eigenvalue weighted by molar-refractivity contribution is 0.286. The fourth-order valence-corrected chi connectivity index (χ4v) is 1.90. The Morgan fingerprint density at radius 2 is 2.13 bits per heavy atom. The third kappa shape index (κ3) is 4.22. The van der Waals surface area contributed by atoms with E-state index in [2.05, 4.69) is 40.3 Å². The van der Waals surface area contributed by atoms with Crippen molar-refractivity contribution in [2.24, 2.45) is 0 Å². The molecular formula is C12H18BrNO. The van der Waals surface area contributed by atoms with Crippen molar-refractivity contribution in [3.63, 3.8) is 0 Å². The molecule has 1 aromatic rings. The predicted molar refractivity (Wildman–Crippen MR) is 68.3 cm³/mol. The SMILES string of the molecule is CCc1cc(Br)ccc1NCCCCO. The van der Waals surface area contributed by atoms with E-state index in [1.807, 2.05) is 6.07 Å². The first-order valence-corrected chi connectivity index (χ1v) is 6.20. The number of benzene rings is 1. The fraction of sp³-hybridized carbons (Fsp3) is 0.500. The summed E-state index contributed by atoms with van der Waals surface area (Å²) >= 11 is 3.47. The summed E-state index contributed by atoms with van der Waals surface area (Å²) in [6.07, 6.45) is 2.91. The summed E-state index contributed by atoms with van der Waals surface area (Å²) in [4.78, 5) is 0. The molecule has 0 aromatic heterocycles. The second kappa shape index (κ2) is 6.85. The normalized spacial score (nSPS) is 10.3. The highest BCUT2D eigenvalue weighted by Gasteiger charge is 2.00. The summed E-state index contributed by atoms with van der Waals surface area (Å²) < 4.78 is 1.13. The number of halogens is 1. The van der Waals surface area contributed by atoms with Gasteiger partial charge < -0.3 is 10.4 Å². The van der Waals surface area contributed by atoms with Crippen LogP contribution in [-0.4, -0.2) is 18.3 Å². The van der Waals surface area contributed by atoms with Crippen molar-refractivity contribution in [3.8, 4) is 0 Å². The molecule has 3 heteroatoms. The maximum Gasteiger partial charge on any atom is 0.0431 e. The molecular weight excluding hydrogens is 254 g/mol. The molecule has 2 nitrogen and oxygen atoms in total. The Bertz CT molecular complexity index is 302. The van der Waals surface area contributed by atoms with Crippen molar-refractivity contribution in [1.82, 2.24) is 0 Å². The van der Waals surface area contributed by atoms with Crippen molar-refractivity contribution in [3.05, 3.63) is 28.2 Å². The number of nitrogens with one attached hydrogen (secondary N) is 1. The standard InChI is InChI=1S/C12H18BrNO/c1-2-10-9-11(13)5-6-12(10)14-7-3-4-8-15/h5-6,9,14-15H,2-4,7-8H2,1H3. The molecule has 1 rings (SSSR count). The maximum atomic E-state index is 8.67. The van der Waals surface area contributed by atoms with Gasteiger partial charge in [0, 0.05) is 23.3 Å². The molecule has 0 unspecified atom stereocenters. The zero-order chi connectivity index (χ0) is 11.1. The van der Waals surface area contributed by atoms with Crippen LogP contribution in [0.1, 0.15) is 25.3 Å². The fourth-order valence-electron chi connectivity index (χ4n) is 1.49. The molecule has 0 saturated heterocycles. The molecule has 1 aromatic carbocycles. The van der Waals surface area contributed by atoms with Gasteiger partial charge in [-0.2, -0.15) is 0 Å². The molecule has 0 heterocycles. The smallest absolute Gasteiger partial charge is 0.0431 e. The molecule has 0 atom stereocenters. The van der Waals surface area contributed by atoms with Crippen LogP contribution in [0.3, 0.4) is 0 Å². The Hall–Kier alpha value is -0.540. The molecule has 0 amide bonds. The van der Waals surface area contributed by atoms with E-state index >= 15 is 0 Å². The van der Waals surface area contributed by atoms with Gasteiger partial charge in [-0.3, -0.25) is 0 Å². The van der Waals surface area contributed by atoms with E-state index in [4.69, 9.17) is 5.11 Å². The van der Waals surface area contributed by atoms with Crippen LogP contribution < -0.4 is 5.32 Å². The topological polar surface area (TPSA) is 32.3 Å². The summed E-state index contributed by atoms with van der Waals surface area (Å²) in [7, 11) is 0. The molecule has 0 saturated carbocycles. The molecule has 0 fully saturated rings. The van der Waals surface area contributed by atoms with Crippen molar-refractivity contribution >= 4 is 21.6 Å². The molecule has 0 aliphatic heterocycles. The summed E-state index contributed by atoms with van der Waals surface area (Å²) in [5.74, 6) is 0. The van der Waals surface area contributed by atoms with Crippen molar-refractivity contribution in [2.75, 3.05) is 18.5 Å². The van der Waals surface area contributed by atoms with Gasteiger partial charge in [-0.15, -0.1) is 0 Å². The number of hydrogen-bond acceptors (Lipinski definition) is 2. The number of aryl methyl sites for hydroxylation is 1. The van der Waals surface area contributed by atoms with E-state index in [9.17, 15) is 0 Å². The highest BCUT2D eigenvalue weighted by Crippen LogP contribution is 2.21.